The number of hydrogen-bond donors (Lipinski definition) is 2. The summed E-state index contributed by atoms with van der Waals surface area (Å²) < 4.78 is 0. The molecule has 2 rings (SSSR count). The predicted octanol–water partition coefficient (Wildman–Crippen LogP) is 2.90. The Hall–Kier alpha value is -2.10. The summed E-state index contributed by atoms with van der Waals surface area (Å²) >= 11 is 0. The Bertz CT molecular complexity index is 577. The number of rotatable bonds is 5. The lowest BCUT2D eigenvalue weighted by Crippen LogP contribution is -2.16. The molecule has 1 heterocycles. The summed E-state index contributed by atoms with van der Waals surface area (Å²) in [5.41, 5.74) is 1.09. The van der Waals surface area contributed by atoms with Crippen LogP contribution in [0.5, 0.6) is 0 Å². The molecule has 4 heteroatoms. The van der Waals surface area contributed by atoms with E-state index in [0.717, 1.165) is 6.42 Å². The first-order valence-corrected chi connectivity index (χ1v) is 6.64. The molecule has 0 fully saturated rings. The number of benzene rings is 1. The minimum Gasteiger partial charge on any atom is -0.363 e. The molecule has 2 N–H and O–H groups in total. The van der Waals surface area contributed by atoms with Crippen LogP contribution in [0.3, 0.4) is 0 Å². The quantitative estimate of drug-likeness (QED) is 0.866. The number of anilines is 1. The van der Waals surface area contributed by atoms with E-state index in [1.807, 2.05) is 25.1 Å². The van der Waals surface area contributed by atoms with Gasteiger partial charge in [-0.1, -0.05) is 44.2 Å². The molecule has 0 bridgehead atoms. The molecular weight excluding hydrogens is 238 g/mol. The van der Waals surface area contributed by atoms with Gasteiger partial charge in [-0.2, -0.15) is 0 Å². The second-order valence-electron chi connectivity index (χ2n) is 4.45. The smallest absolute Gasteiger partial charge is 0.252 e. The number of nitrogens with one attached hydrogen (secondary N) is 2. The Kier molecular flexibility index (Phi) is 4.34. The maximum absolute atomic E-state index is 11.5. The maximum atomic E-state index is 11.5. The van der Waals surface area contributed by atoms with Crippen LogP contribution in [0.4, 0.5) is 5.82 Å². The summed E-state index contributed by atoms with van der Waals surface area (Å²) in [6.45, 7) is 4.08. The van der Waals surface area contributed by atoms with Gasteiger partial charge < -0.3 is 10.3 Å². The van der Waals surface area contributed by atoms with Crippen LogP contribution in [-0.2, 0) is 6.42 Å². The van der Waals surface area contributed by atoms with Gasteiger partial charge in [0.05, 0.1) is 6.04 Å². The van der Waals surface area contributed by atoms with E-state index in [0.29, 0.717) is 18.1 Å². The van der Waals surface area contributed by atoms with Crippen LogP contribution in [0.15, 0.2) is 41.2 Å². The van der Waals surface area contributed by atoms with Crippen molar-refractivity contribution < 1.29 is 0 Å². The monoisotopic (exact) mass is 257 g/mol. The van der Waals surface area contributed by atoms with Crippen LogP contribution in [0.25, 0.3) is 0 Å². The second-order valence-corrected chi connectivity index (χ2v) is 4.45. The van der Waals surface area contributed by atoms with Crippen molar-refractivity contribution in [3.8, 4) is 0 Å². The van der Waals surface area contributed by atoms with Crippen LogP contribution in [0.2, 0.25) is 0 Å². The summed E-state index contributed by atoms with van der Waals surface area (Å²) in [5, 5.41) is 3.33. The van der Waals surface area contributed by atoms with Gasteiger partial charge in [0, 0.05) is 12.5 Å². The third kappa shape index (κ3) is 3.44. The SMILES string of the molecule is CCc1nc(NC(CC)c2ccccc2)cc(=O)[nH]1. The average molecular weight is 257 g/mol. The molecule has 0 radical (unpaired) electrons. The van der Waals surface area contributed by atoms with Gasteiger partial charge in [-0.25, -0.2) is 4.98 Å². The lowest BCUT2D eigenvalue weighted by atomic mass is 10.0. The van der Waals surface area contributed by atoms with Crippen molar-refractivity contribution in [1.29, 1.82) is 0 Å². The zero-order valence-electron chi connectivity index (χ0n) is 11.3. The molecule has 0 amide bonds. The standard InChI is InChI=1S/C15H19N3O/c1-3-12(11-8-6-5-7-9-11)16-14-10-15(19)18-13(4-2)17-14/h5-10,12H,3-4H2,1-2H3,(H2,16,17,18,19). The zero-order valence-corrected chi connectivity index (χ0v) is 11.3. The number of aromatic nitrogens is 2. The molecule has 1 aromatic carbocycles. The van der Waals surface area contributed by atoms with Gasteiger partial charge in [-0.3, -0.25) is 4.79 Å². The predicted molar refractivity (Wildman–Crippen MR) is 77.3 cm³/mol. The van der Waals surface area contributed by atoms with Gasteiger partial charge in [0.25, 0.3) is 5.56 Å². The minimum absolute atomic E-state index is 0.114. The van der Waals surface area contributed by atoms with Crippen molar-refractivity contribution in [2.75, 3.05) is 5.32 Å². The van der Waals surface area contributed by atoms with Crippen LogP contribution < -0.4 is 10.9 Å². The third-order valence-electron chi connectivity index (χ3n) is 3.06. The molecule has 0 aliphatic rings. The Morgan fingerprint density at radius 3 is 2.63 bits per heavy atom. The molecule has 1 aromatic heterocycles. The average Bonchev–Trinajstić information content (AvgIpc) is 2.45. The number of hydrogen-bond acceptors (Lipinski definition) is 3. The molecule has 19 heavy (non-hydrogen) atoms. The van der Waals surface area contributed by atoms with Gasteiger partial charge in [-0.15, -0.1) is 0 Å². The first kappa shape index (κ1) is 13.3. The number of aromatic amines is 1. The normalized spacial score (nSPS) is 12.1. The van der Waals surface area contributed by atoms with Crippen molar-refractivity contribution in [1.82, 2.24) is 9.97 Å². The highest BCUT2D eigenvalue weighted by Gasteiger charge is 2.10. The van der Waals surface area contributed by atoms with E-state index < -0.39 is 0 Å². The molecule has 0 saturated heterocycles. The fourth-order valence-corrected chi connectivity index (χ4v) is 2.03. The number of H-pyrrole nitrogens is 1. The van der Waals surface area contributed by atoms with Crippen molar-refractivity contribution in [2.45, 2.75) is 32.7 Å². The van der Waals surface area contributed by atoms with Crippen molar-refractivity contribution in [3.63, 3.8) is 0 Å². The van der Waals surface area contributed by atoms with Crippen LogP contribution >= 0.6 is 0 Å². The highest BCUT2D eigenvalue weighted by Crippen LogP contribution is 2.20. The van der Waals surface area contributed by atoms with E-state index in [1.165, 1.54) is 11.6 Å². The summed E-state index contributed by atoms with van der Waals surface area (Å²) in [6, 6.07) is 11.9. The molecule has 4 nitrogen and oxygen atoms in total. The fraction of sp³-hybridized carbons (Fsp3) is 0.333. The minimum atomic E-state index is -0.114. The van der Waals surface area contributed by atoms with Gasteiger partial charge in [-0.05, 0) is 12.0 Å². The number of aryl methyl sites for hydroxylation is 1. The van der Waals surface area contributed by atoms with Gasteiger partial charge >= 0.3 is 0 Å². The van der Waals surface area contributed by atoms with E-state index in [9.17, 15) is 4.79 Å². The van der Waals surface area contributed by atoms with Gasteiger partial charge in [0.15, 0.2) is 0 Å². The van der Waals surface area contributed by atoms with E-state index in [2.05, 4.69) is 34.3 Å². The van der Waals surface area contributed by atoms with Crippen LogP contribution in [-0.4, -0.2) is 9.97 Å². The van der Waals surface area contributed by atoms with E-state index in [4.69, 9.17) is 0 Å². The molecule has 0 aliphatic carbocycles. The lowest BCUT2D eigenvalue weighted by Gasteiger charge is -2.18. The molecule has 0 spiro atoms. The van der Waals surface area contributed by atoms with Crippen LogP contribution in [0.1, 0.15) is 37.7 Å². The fourth-order valence-electron chi connectivity index (χ4n) is 2.03. The van der Waals surface area contributed by atoms with Crippen LogP contribution in [0, 0.1) is 0 Å². The highest BCUT2D eigenvalue weighted by atomic mass is 16.1. The summed E-state index contributed by atoms with van der Waals surface area (Å²) in [5.74, 6) is 1.34. The molecule has 1 atom stereocenters. The zero-order chi connectivity index (χ0) is 13.7. The summed E-state index contributed by atoms with van der Waals surface area (Å²) in [7, 11) is 0. The third-order valence-corrected chi connectivity index (χ3v) is 3.06. The van der Waals surface area contributed by atoms with E-state index >= 15 is 0 Å². The van der Waals surface area contributed by atoms with Gasteiger partial charge in [0.1, 0.15) is 11.6 Å². The van der Waals surface area contributed by atoms with Crippen molar-refractivity contribution >= 4 is 5.82 Å². The molecule has 100 valence electrons. The molecular formula is C15H19N3O. The highest BCUT2D eigenvalue weighted by molar-refractivity contribution is 5.37. The molecule has 1 unspecified atom stereocenters. The summed E-state index contributed by atoms with van der Waals surface area (Å²) in [6.07, 6.45) is 1.65. The number of nitrogens with zero attached hydrogens (tertiary/aromatic N) is 1. The second kappa shape index (κ2) is 6.18. The Labute approximate surface area is 112 Å². The Morgan fingerprint density at radius 1 is 1.26 bits per heavy atom. The molecule has 0 aliphatic heterocycles. The summed E-state index contributed by atoms with van der Waals surface area (Å²) in [4.78, 5) is 18.7. The molecule has 0 saturated carbocycles. The first-order chi connectivity index (χ1) is 9.22. The van der Waals surface area contributed by atoms with Gasteiger partial charge in [0.2, 0.25) is 0 Å². The van der Waals surface area contributed by atoms with E-state index in [1.54, 1.807) is 0 Å². The largest absolute Gasteiger partial charge is 0.363 e. The van der Waals surface area contributed by atoms with Crippen molar-refractivity contribution in [3.05, 3.63) is 58.1 Å². The Balaban J connectivity index is 2.24. The first-order valence-electron chi connectivity index (χ1n) is 6.64. The Morgan fingerprint density at radius 2 is 2.00 bits per heavy atom. The lowest BCUT2D eigenvalue weighted by molar-refractivity contribution is 0.740. The molecule has 2 aromatic rings. The topological polar surface area (TPSA) is 57.8 Å². The van der Waals surface area contributed by atoms with E-state index in [-0.39, 0.29) is 11.6 Å². The maximum Gasteiger partial charge on any atom is 0.252 e. The van der Waals surface area contributed by atoms with Crippen molar-refractivity contribution in [2.24, 2.45) is 0 Å².